The Kier molecular flexibility index (Phi) is 5.44. The number of halogens is 3. The van der Waals surface area contributed by atoms with E-state index in [0.29, 0.717) is 17.7 Å². The monoisotopic (exact) mass is 471 g/mol. The lowest BCUT2D eigenvalue weighted by Crippen LogP contribution is -2.42. The molecule has 2 aliphatic rings. The molecule has 1 aromatic carbocycles. The molecule has 172 valence electrons. The average Bonchev–Trinajstić information content (AvgIpc) is 3.03. The van der Waals surface area contributed by atoms with Crippen LogP contribution in [0.4, 0.5) is 18.9 Å². The summed E-state index contributed by atoms with van der Waals surface area (Å²) in [5, 5.41) is 10.1. The van der Waals surface area contributed by atoms with Gasteiger partial charge in [0.2, 0.25) is 0 Å². The number of carbonyl (C=O) groups excluding carboxylic acids is 1. The molecule has 1 aliphatic heterocycles. The van der Waals surface area contributed by atoms with Crippen molar-refractivity contribution in [2.45, 2.75) is 52.6 Å². The lowest BCUT2D eigenvalue weighted by molar-refractivity contribution is -0.137. The lowest BCUT2D eigenvalue weighted by atomic mass is 9.68. The molecule has 0 unspecified atom stereocenters. The Labute approximate surface area is 194 Å². The Bertz CT molecular complexity index is 1260. The molecule has 0 saturated heterocycles. The molecular weight excluding hydrogens is 447 g/mol. The van der Waals surface area contributed by atoms with E-state index in [-0.39, 0.29) is 29.3 Å². The summed E-state index contributed by atoms with van der Waals surface area (Å²) < 4.78 is 41.8. The fraction of sp³-hybridized carbons (Fsp3) is 0.360. The minimum absolute atomic E-state index is 0.0632. The molecule has 0 amide bonds. The second kappa shape index (κ2) is 7.77. The van der Waals surface area contributed by atoms with Crippen LogP contribution < -0.4 is 10.6 Å². The fourth-order valence-corrected chi connectivity index (χ4v) is 5.90. The van der Waals surface area contributed by atoms with Crippen LogP contribution >= 0.6 is 11.3 Å². The maximum atomic E-state index is 13.9. The number of benzene rings is 1. The van der Waals surface area contributed by atoms with E-state index >= 15 is 0 Å². The van der Waals surface area contributed by atoms with Crippen molar-refractivity contribution in [2.24, 2.45) is 11.1 Å². The summed E-state index contributed by atoms with van der Waals surface area (Å²) in [4.78, 5) is 16.8. The van der Waals surface area contributed by atoms with E-state index < -0.39 is 23.1 Å². The number of thiophene rings is 1. The van der Waals surface area contributed by atoms with E-state index in [1.807, 2.05) is 33.8 Å². The van der Waals surface area contributed by atoms with Gasteiger partial charge in [-0.05, 0) is 49.4 Å². The largest absolute Gasteiger partial charge is 0.418 e. The number of allylic oxidation sites excluding steroid dienone is 3. The van der Waals surface area contributed by atoms with Gasteiger partial charge in [0.05, 0.1) is 28.8 Å². The second-order valence-electron chi connectivity index (χ2n) is 9.36. The summed E-state index contributed by atoms with van der Waals surface area (Å²) in [5.74, 6) is -0.913. The maximum absolute atomic E-state index is 13.9. The van der Waals surface area contributed by atoms with Gasteiger partial charge in [-0.25, -0.2) is 0 Å². The van der Waals surface area contributed by atoms with Gasteiger partial charge in [-0.1, -0.05) is 26.0 Å². The number of nitrogens with zero attached hydrogens (tertiary/aromatic N) is 2. The molecule has 1 aromatic heterocycles. The van der Waals surface area contributed by atoms with Crippen molar-refractivity contribution in [1.82, 2.24) is 0 Å². The number of Topliss-reactive ketones (excluding diaryl/α,β-unsaturated/α-hetero) is 1. The Balaban J connectivity index is 2.06. The SMILES string of the molecule is Cc1cc([C@@H]2C(C#N)=C(N)N(c3ccccc3C(F)(F)F)C3=C2C(=O)CC(C)(C)C3)c(C)s1. The third-order valence-corrected chi connectivity index (χ3v) is 7.20. The van der Waals surface area contributed by atoms with Gasteiger partial charge >= 0.3 is 6.18 Å². The van der Waals surface area contributed by atoms with Gasteiger partial charge < -0.3 is 5.73 Å². The number of anilines is 1. The van der Waals surface area contributed by atoms with E-state index in [4.69, 9.17) is 5.73 Å². The highest BCUT2D eigenvalue weighted by molar-refractivity contribution is 7.12. The summed E-state index contributed by atoms with van der Waals surface area (Å²) in [6.07, 6.45) is -4.02. The third kappa shape index (κ3) is 3.84. The van der Waals surface area contributed by atoms with Crippen molar-refractivity contribution >= 4 is 22.8 Å². The molecule has 33 heavy (non-hydrogen) atoms. The van der Waals surface area contributed by atoms with Crippen LogP contribution in [0.1, 0.15) is 53.5 Å². The quantitative estimate of drug-likeness (QED) is 0.556. The summed E-state index contributed by atoms with van der Waals surface area (Å²) in [7, 11) is 0. The first-order chi connectivity index (χ1) is 15.4. The second-order valence-corrected chi connectivity index (χ2v) is 10.8. The minimum atomic E-state index is -4.63. The molecule has 0 saturated carbocycles. The molecule has 2 N–H and O–H groups in total. The van der Waals surface area contributed by atoms with Crippen LogP contribution in [0.5, 0.6) is 0 Å². The molecule has 0 bridgehead atoms. The number of hydrogen-bond acceptors (Lipinski definition) is 5. The van der Waals surface area contributed by atoms with E-state index in [1.165, 1.54) is 23.1 Å². The summed E-state index contributed by atoms with van der Waals surface area (Å²) in [6, 6.07) is 9.19. The number of para-hydroxylation sites is 1. The van der Waals surface area contributed by atoms with E-state index in [1.54, 1.807) is 11.3 Å². The van der Waals surface area contributed by atoms with Crippen LogP contribution in [0.25, 0.3) is 0 Å². The number of nitrogens with two attached hydrogens (primary N) is 1. The van der Waals surface area contributed by atoms with Crippen LogP contribution in [0, 0.1) is 30.6 Å². The zero-order valence-corrected chi connectivity index (χ0v) is 19.6. The highest BCUT2D eigenvalue weighted by Crippen LogP contribution is 2.52. The number of alkyl halides is 3. The number of ketones is 1. The van der Waals surface area contributed by atoms with E-state index in [2.05, 4.69) is 6.07 Å². The molecule has 8 heteroatoms. The molecule has 2 heterocycles. The smallest absolute Gasteiger partial charge is 0.384 e. The number of aryl methyl sites for hydroxylation is 2. The third-order valence-electron chi connectivity index (χ3n) is 6.22. The van der Waals surface area contributed by atoms with Gasteiger partial charge in [-0.15, -0.1) is 11.3 Å². The van der Waals surface area contributed by atoms with Gasteiger partial charge in [0.25, 0.3) is 0 Å². The molecule has 4 rings (SSSR count). The standard InChI is InChI=1S/C25H24F3N3OS/c1-13-9-15(14(2)33-13)21-16(12-29)23(30)31(18-8-6-5-7-17(18)25(26,27)28)19-10-24(3,4)11-20(32)22(19)21/h5-9,21H,10-11,30H2,1-4H3/t21-/m1/s1. The summed E-state index contributed by atoms with van der Waals surface area (Å²) >= 11 is 1.55. The Hall–Kier alpha value is -3.05. The first kappa shape index (κ1) is 23.1. The first-order valence-electron chi connectivity index (χ1n) is 10.5. The highest BCUT2D eigenvalue weighted by Gasteiger charge is 2.46. The van der Waals surface area contributed by atoms with Gasteiger partial charge in [0.1, 0.15) is 5.82 Å². The molecule has 4 nitrogen and oxygen atoms in total. The molecule has 0 fully saturated rings. The van der Waals surface area contributed by atoms with Crippen LogP contribution in [-0.2, 0) is 11.0 Å². The number of hydrogen-bond donors (Lipinski definition) is 1. The fourth-order valence-electron chi connectivity index (χ4n) is 4.94. The first-order valence-corrected chi connectivity index (χ1v) is 11.4. The maximum Gasteiger partial charge on any atom is 0.418 e. The Morgan fingerprint density at radius 3 is 2.45 bits per heavy atom. The average molecular weight is 472 g/mol. The van der Waals surface area contributed by atoms with E-state index in [9.17, 15) is 23.2 Å². The molecule has 2 aromatic rings. The number of nitriles is 1. The normalized spacial score (nSPS) is 20.7. The van der Waals surface area contributed by atoms with Crippen molar-refractivity contribution in [1.29, 1.82) is 5.26 Å². The number of rotatable bonds is 2. The van der Waals surface area contributed by atoms with Crippen molar-refractivity contribution in [3.8, 4) is 6.07 Å². The Morgan fingerprint density at radius 2 is 1.88 bits per heavy atom. The molecule has 0 radical (unpaired) electrons. The number of carbonyl (C=O) groups is 1. The van der Waals surface area contributed by atoms with Gasteiger partial charge in [-0.3, -0.25) is 9.69 Å². The lowest BCUT2D eigenvalue weighted by Gasteiger charge is -2.44. The van der Waals surface area contributed by atoms with E-state index in [0.717, 1.165) is 21.4 Å². The minimum Gasteiger partial charge on any atom is -0.384 e. The molecule has 1 aliphatic carbocycles. The molecule has 0 spiro atoms. The van der Waals surface area contributed by atoms with Gasteiger partial charge in [0.15, 0.2) is 5.78 Å². The van der Waals surface area contributed by atoms with Crippen molar-refractivity contribution < 1.29 is 18.0 Å². The van der Waals surface area contributed by atoms with Crippen molar-refractivity contribution in [3.05, 3.63) is 73.9 Å². The van der Waals surface area contributed by atoms with Gasteiger partial charge in [-0.2, -0.15) is 18.4 Å². The van der Waals surface area contributed by atoms with Gasteiger partial charge in [0, 0.05) is 27.4 Å². The topological polar surface area (TPSA) is 70.1 Å². The zero-order chi connectivity index (χ0) is 24.3. The summed E-state index contributed by atoms with van der Waals surface area (Å²) in [6.45, 7) is 7.69. The predicted molar refractivity (Wildman–Crippen MR) is 122 cm³/mol. The zero-order valence-electron chi connectivity index (χ0n) is 18.8. The van der Waals surface area contributed by atoms with Crippen LogP contribution in [0.3, 0.4) is 0 Å². The predicted octanol–water partition coefficient (Wildman–Crippen LogP) is 6.32. The highest BCUT2D eigenvalue weighted by atomic mass is 32.1. The van der Waals surface area contributed by atoms with Crippen LogP contribution in [-0.4, -0.2) is 5.78 Å². The van der Waals surface area contributed by atoms with Crippen LogP contribution in [0.2, 0.25) is 0 Å². The molecular formula is C25H24F3N3OS. The van der Waals surface area contributed by atoms with Crippen molar-refractivity contribution in [3.63, 3.8) is 0 Å². The van der Waals surface area contributed by atoms with Crippen molar-refractivity contribution in [2.75, 3.05) is 4.90 Å². The molecule has 1 atom stereocenters. The van der Waals surface area contributed by atoms with Crippen LogP contribution in [0.15, 0.2) is 53.0 Å². The Morgan fingerprint density at radius 1 is 1.21 bits per heavy atom. The summed E-state index contributed by atoms with van der Waals surface area (Å²) in [5.41, 5.74) is 6.69.